The summed E-state index contributed by atoms with van der Waals surface area (Å²) >= 11 is 4.93. The Morgan fingerprint density at radius 3 is 2.80 bits per heavy atom. The summed E-state index contributed by atoms with van der Waals surface area (Å²) in [6.45, 7) is 2.97. The first kappa shape index (κ1) is 13.9. The molecule has 1 aromatic carbocycles. The Bertz CT molecular complexity index is 595. The van der Waals surface area contributed by atoms with Gasteiger partial charge in [0.05, 0.1) is 18.1 Å². The molecule has 0 unspecified atom stereocenters. The highest BCUT2D eigenvalue weighted by Crippen LogP contribution is 2.31. The smallest absolute Gasteiger partial charge is 0.286 e. The van der Waals surface area contributed by atoms with Crippen molar-refractivity contribution < 1.29 is 9.53 Å². The third-order valence-corrected chi connectivity index (χ3v) is 4.85. The largest absolute Gasteiger partial charge is 0.378 e. The van der Waals surface area contributed by atoms with E-state index in [9.17, 15) is 4.79 Å². The Morgan fingerprint density at radius 1 is 1.30 bits per heavy atom. The molecule has 1 saturated heterocycles. The number of hydrogen-bond donors (Lipinski definition) is 0. The Labute approximate surface area is 130 Å². The maximum Gasteiger partial charge on any atom is 0.286 e. The van der Waals surface area contributed by atoms with Crippen molar-refractivity contribution in [3.05, 3.63) is 39.2 Å². The summed E-state index contributed by atoms with van der Waals surface area (Å²) in [4.78, 5) is 18.9. The third kappa shape index (κ3) is 2.97. The van der Waals surface area contributed by atoms with Crippen LogP contribution in [-0.2, 0) is 9.53 Å². The molecule has 1 aromatic rings. The van der Waals surface area contributed by atoms with Gasteiger partial charge in [0.2, 0.25) is 0 Å². The Balaban J connectivity index is 1.78. The van der Waals surface area contributed by atoms with Crippen LogP contribution in [0.1, 0.15) is 5.56 Å². The fraction of sp³-hybridized carbons (Fsp3) is 0.286. The number of amidine groups is 1. The third-order valence-electron chi connectivity index (χ3n) is 3.08. The summed E-state index contributed by atoms with van der Waals surface area (Å²) < 4.78 is 6.29. The van der Waals surface area contributed by atoms with E-state index in [1.165, 1.54) is 11.8 Å². The molecule has 0 aromatic heterocycles. The molecule has 0 bridgehead atoms. The lowest BCUT2D eigenvalue weighted by Crippen LogP contribution is -2.38. The molecule has 1 amide bonds. The first-order chi connectivity index (χ1) is 9.74. The molecule has 2 aliphatic rings. The van der Waals surface area contributed by atoms with Gasteiger partial charge in [-0.25, -0.2) is 0 Å². The van der Waals surface area contributed by atoms with Gasteiger partial charge in [-0.2, -0.15) is 4.99 Å². The number of halogens is 1. The summed E-state index contributed by atoms with van der Waals surface area (Å²) in [5, 5.41) is 0.789. The number of morpholine rings is 1. The van der Waals surface area contributed by atoms with Gasteiger partial charge in [-0.15, -0.1) is 0 Å². The second-order valence-corrected chi connectivity index (χ2v) is 6.29. The minimum atomic E-state index is -0.160. The van der Waals surface area contributed by atoms with Crippen LogP contribution in [0, 0.1) is 0 Å². The lowest BCUT2D eigenvalue weighted by atomic mass is 10.2. The van der Waals surface area contributed by atoms with E-state index in [4.69, 9.17) is 4.74 Å². The van der Waals surface area contributed by atoms with Crippen LogP contribution in [0.25, 0.3) is 6.08 Å². The maximum atomic E-state index is 12.0. The van der Waals surface area contributed by atoms with Crippen molar-refractivity contribution in [2.45, 2.75) is 0 Å². The molecule has 0 spiro atoms. The quantitative estimate of drug-likeness (QED) is 0.728. The number of rotatable bonds is 1. The minimum Gasteiger partial charge on any atom is -0.378 e. The van der Waals surface area contributed by atoms with Crippen molar-refractivity contribution >= 4 is 44.8 Å². The predicted octanol–water partition coefficient (Wildman–Crippen LogP) is 2.75. The number of nitrogens with zero attached hydrogens (tertiary/aromatic N) is 2. The lowest BCUT2D eigenvalue weighted by Gasteiger charge is -2.27. The molecule has 4 nitrogen and oxygen atoms in total. The molecule has 0 aliphatic carbocycles. The van der Waals surface area contributed by atoms with Crippen molar-refractivity contribution in [1.29, 1.82) is 0 Å². The average Bonchev–Trinajstić information content (AvgIpc) is 2.84. The molecule has 0 saturated carbocycles. The Morgan fingerprint density at radius 2 is 2.05 bits per heavy atom. The first-order valence-electron chi connectivity index (χ1n) is 6.34. The summed E-state index contributed by atoms with van der Waals surface area (Å²) in [7, 11) is 0. The van der Waals surface area contributed by atoms with Crippen LogP contribution in [0.3, 0.4) is 0 Å². The number of ether oxygens (including phenoxy) is 1. The van der Waals surface area contributed by atoms with E-state index >= 15 is 0 Å². The van der Waals surface area contributed by atoms with Crippen LogP contribution in [0.15, 0.2) is 38.6 Å². The lowest BCUT2D eigenvalue weighted by molar-refractivity contribution is -0.113. The molecule has 2 aliphatic heterocycles. The number of thioether (sulfide) groups is 1. The average molecular weight is 353 g/mol. The normalized spacial score (nSPS) is 21.4. The van der Waals surface area contributed by atoms with Crippen LogP contribution in [-0.4, -0.2) is 42.3 Å². The predicted molar refractivity (Wildman–Crippen MR) is 84.5 cm³/mol. The molecule has 0 radical (unpaired) electrons. The van der Waals surface area contributed by atoms with E-state index in [0.717, 1.165) is 28.3 Å². The minimum absolute atomic E-state index is 0.160. The van der Waals surface area contributed by atoms with E-state index < -0.39 is 0 Å². The molecule has 2 heterocycles. The van der Waals surface area contributed by atoms with Gasteiger partial charge in [0.1, 0.15) is 0 Å². The summed E-state index contributed by atoms with van der Waals surface area (Å²) in [5.41, 5.74) is 0.988. The number of benzene rings is 1. The van der Waals surface area contributed by atoms with Gasteiger partial charge >= 0.3 is 0 Å². The van der Waals surface area contributed by atoms with Crippen LogP contribution < -0.4 is 0 Å². The fourth-order valence-corrected chi connectivity index (χ4v) is 3.38. The second-order valence-electron chi connectivity index (χ2n) is 4.43. The van der Waals surface area contributed by atoms with Crippen LogP contribution in [0.5, 0.6) is 0 Å². The Kier molecular flexibility index (Phi) is 4.24. The zero-order valence-electron chi connectivity index (χ0n) is 10.7. The van der Waals surface area contributed by atoms with Crippen LogP contribution >= 0.6 is 27.7 Å². The highest BCUT2D eigenvalue weighted by molar-refractivity contribution is 9.10. The van der Waals surface area contributed by atoms with E-state index in [-0.39, 0.29) is 5.91 Å². The summed E-state index contributed by atoms with van der Waals surface area (Å²) in [6.07, 6.45) is 1.88. The molecule has 6 heteroatoms. The SMILES string of the molecule is O=C1N=C(N2CCOCC2)SC1=Cc1ccccc1Br. The maximum absolute atomic E-state index is 12.0. The molecular weight excluding hydrogens is 340 g/mol. The molecule has 0 N–H and O–H groups in total. The van der Waals surface area contributed by atoms with Crippen molar-refractivity contribution in [2.75, 3.05) is 26.3 Å². The van der Waals surface area contributed by atoms with Crippen LogP contribution in [0.4, 0.5) is 0 Å². The van der Waals surface area contributed by atoms with E-state index in [1.54, 1.807) is 0 Å². The van der Waals surface area contributed by atoms with Crippen molar-refractivity contribution in [3.8, 4) is 0 Å². The van der Waals surface area contributed by atoms with Gasteiger partial charge in [0.25, 0.3) is 5.91 Å². The number of aliphatic imine (C=N–C) groups is 1. The first-order valence-corrected chi connectivity index (χ1v) is 7.95. The molecule has 0 atom stereocenters. The zero-order valence-corrected chi connectivity index (χ0v) is 13.1. The van der Waals surface area contributed by atoms with E-state index in [2.05, 4.69) is 25.8 Å². The topological polar surface area (TPSA) is 41.9 Å². The molecular formula is C14H13BrN2O2S. The van der Waals surface area contributed by atoms with Gasteiger partial charge in [-0.3, -0.25) is 4.79 Å². The summed E-state index contributed by atoms with van der Waals surface area (Å²) in [5.74, 6) is -0.160. The van der Waals surface area contributed by atoms with Gasteiger partial charge in [-0.05, 0) is 29.5 Å². The summed E-state index contributed by atoms with van der Waals surface area (Å²) in [6, 6.07) is 7.83. The van der Waals surface area contributed by atoms with E-state index in [0.29, 0.717) is 18.1 Å². The molecule has 3 rings (SSSR count). The molecule has 1 fully saturated rings. The van der Waals surface area contributed by atoms with Crippen molar-refractivity contribution in [3.63, 3.8) is 0 Å². The fourth-order valence-electron chi connectivity index (χ4n) is 2.02. The van der Waals surface area contributed by atoms with Gasteiger partial charge in [0.15, 0.2) is 5.17 Å². The van der Waals surface area contributed by atoms with Gasteiger partial charge < -0.3 is 9.64 Å². The van der Waals surface area contributed by atoms with Crippen LogP contribution in [0.2, 0.25) is 0 Å². The van der Waals surface area contributed by atoms with Gasteiger partial charge in [-0.1, -0.05) is 34.1 Å². The number of carbonyl (C=O) groups excluding carboxylic acids is 1. The highest BCUT2D eigenvalue weighted by Gasteiger charge is 2.27. The second kappa shape index (κ2) is 6.11. The highest BCUT2D eigenvalue weighted by atomic mass is 79.9. The monoisotopic (exact) mass is 352 g/mol. The molecule has 104 valence electrons. The number of hydrogen-bond acceptors (Lipinski definition) is 4. The van der Waals surface area contributed by atoms with Crippen molar-refractivity contribution in [1.82, 2.24) is 4.90 Å². The van der Waals surface area contributed by atoms with Gasteiger partial charge in [0, 0.05) is 17.6 Å². The number of carbonyl (C=O) groups is 1. The molecule has 20 heavy (non-hydrogen) atoms. The standard InChI is InChI=1S/C14H13BrN2O2S/c15-11-4-2-1-3-10(11)9-12-13(18)16-14(20-12)17-5-7-19-8-6-17/h1-4,9H,5-8H2. The van der Waals surface area contributed by atoms with Crippen molar-refractivity contribution in [2.24, 2.45) is 4.99 Å². The number of amides is 1. The Hall–Kier alpha value is -1.11. The zero-order chi connectivity index (χ0) is 13.9. The van der Waals surface area contributed by atoms with E-state index in [1.807, 2.05) is 30.3 Å².